The molecule has 0 saturated carbocycles. The number of para-hydroxylation sites is 3. The van der Waals surface area contributed by atoms with Gasteiger partial charge in [0, 0.05) is 51.3 Å². The predicted octanol–water partition coefficient (Wildman–Crippen LogP) is 16.8. The first-order chi connectivity index (χ1) is 33.3. The molecule has 5 nitrogen and oxygen atoms in total. The second kappa shape index (κ2) is 17.0. The first kappa shape index (κ1) is 43.7. The van der Waals surface area contributed by atoms with Crippen molar-refractivity contribution in [3.63, 3.8) is 0 Å². The lowest BCUT2D eigenvalue weighted by molar-refractivity contribution is 0.481. The summed E-state index contributed by atoms with van der Waals surface area (Å²) in [7, 11) is 0. The fraction of sp³-hybridized carbons (Fsp3) is 0.172. The number of aromatic nitrogens is 2. The van der Waals surface area contributed by atoms with E-state index in [1.807, 2.05) is 6.20 Å². The Morgan fingerprint density at radius 2 is 1.06 bits per heavy atom. The maximum atomic E-state index is 7.11. The standard InChI is InChI=1S/C64H58N4O/c1-62(2,3)48-34-35-65-60(39-48)68-56-31-18-17-30-54(56)61-55(64(6,7)47-26-15-10-16-27-47)41-53(42-59(61)68)69-52-29-21-28-50(40-52)66-43-67(58-33-20-19-32-57(58)66)51-37-45(44-22-11-8-12-23-44)36-49(38-51)63(4,5)46-24-13-9-14-25-46/h8-42H,43H2,1-7H3. The summed E-state index contributed by atoms with van der Waals surface area (Å²) < 4.78 is 9.43. The SMILES string of the molecule is CC(C)(C)c1ccnc(-n2c3ccccc3c3c(C(C)(C)c4ccccc4)cc(Oc4cccc(N5CN(c6cc(-c7ccccc7)cc(C(C)(C)c7ccccc7)c6)c6ccccc65)c4)cc32)c1. The van der Waals surface area contributed by atoms with Crippen molar-refractivity contribution in [3.8, 4) is 28.4 Å². The Kier molecular flexibility index (Phi) is 10.8. The number of hydrogen-bond acceptors (Lipinski definition) is 4. The van der Waals surface area contributed by atoms with E-state index in [0.717, 1.165) is 51.1 Å². The molecule has 1 aliphatic rings. The molecular weight excluding hydrogens is 841 g/mol. The van der Waals surface area contributed by atoms with Gasteiger partial charge < -0.3 is 14.5 Å². The summed E-state index contributed by atoms with van der Waals surface area (Å²) in [6, 6.07) is 74.4. The normalized spacial score (nSPS) is 13.0. The van der Waals surface area contributed by atoms with Gasteiger partial charge in [0.15, 0.2) is 0 Å². The maximum absolute atomic E-state index is 7.11. The third-order valence-corrected chi connectivity index (χ3v) is 14.4. The summed E-state index contributed by atoms with van der Waals surface area (Å²) in [5.74, 6) is 2.42. The van der Waals surface area contributed by atoms with Gasteiger partial charge in [-0.05, 0) is 105 Å². The molecule has 3 heterocycles. The average Bonchev–Trinajstić information content (AvgIpc) is 3.93. The molecule has 8 aromatic carbocycles. The van der Waals surface area contributed by atoms with Crippen LogP contribution in [0.15, 0.2) is 212 Å². The lowest BCUT2D eigenvalue weighted by Gasteiger charge is -2.29. The molecule has 0 bridgehead atoms. The minimum Gasteiger partial charge on any atom is -0.457 e. The van der Waals surface area contributed by atoms with Gasteiger partial charge in [0.2, 0.25) is 0 Å². The van der Waals surface area contributed by atoms with Gasteiger partial charge in [-0.25, -0.2) is 4.98 Å². The van der Waals surface area contributed by atoms with E-state index in [0.29, 0.717) is 6.67 Å². The van der Waals surface area contributed by atoms with E-state index < -0.39 is 0 Å². The summed E-state index contributed by atoms with van der Waals surface area (Å²) in [5, 5.41) is 2.38. The number of nitrogens with zero attached hydrogens (tertiary/aromatic N) is 4. The third kappa shape index (κ3) is 7.92. The van der Waals surface area contributed by atoms with Crippen molar-refractivity contribution in [1.29, 1.82) is 0 Å². The van der Waals surface area contributed by atoms with Crippen LogP contribution in [-0.2, 0) is 16.2 Å². The van der Waals surface area contributed by atoms with Crippen molar-refractivity contribution in [2.24, 2.45) is 0 Å². The number of hydrogen-bond donors (Lipinski definition) is 0. The van der Waals surface area contributed by atoms with Gasteiger partial charge in [-0.2, -0.15) is 0 Å². The summed E-state index contributed by atoms with van der Waals surface area (Å²) in [6.45, 7) is 16.7. The predicted molar refractivity (Wildman–Crippen MR) is 288 cm³/mol. The molecule has 0 fully saturated rings. The molecule has 10 aromatic rings. The van der Waals surface area contributed by atoms with Crippen molar-refractivity contribution >= 4 is 44.6 Å². The van der Waals surface area contributed by atoms with E-state index in [9.17, 15) is 0 Å². The molecule has 0 unspecified atom stereocenters. The summed E-state index contributed by atoms with van der Waals surface area (Å²) in [6.07, 6.45) is 1.94. The zero-order chi connectivity index (χ0) is 47.5. The Labute approximate surface area is 406 Å². The Morgan fingerprint density at radius 3 is 1.75 bits per heavy atom. The second-order valence-corrected chi connectivity index (χ2v) is 20.6. The van der Waals surface area contributed by atoms with Crippen LogP contribution in [0.2, 0.25) is 0 Å². The summed E-state index contributed by atoms with van der Waals surface area (Å²) in [5.41, 5.74) is 14.6. The van der Waals surface area contributed by atoms with Crippen LogP contribution < -0.4 is 14.5 Å². The van der Waals surface area contributed by atoms with Crippen LogP contribution >= 0.6 is 0 Å². The molecule has 1 aliphatic heterocycles. The topological polar surface area (TPSA) is 33.5 Å². The largest absolute Gasteiger partial charge is 0.457 e. The van der Waals surface area contributed by atoms with E-state index in [-0.39, 0.29) is 16.2 Å². The van der Waals surface area contributed by atoms with Gasteiger partial charge in [0.1, 0.15) is 24.0 Å². The summed E-state index contributed by atoms with van der Waals surface area (Å²) in [4.78, 5) is 9.88. The van der Waals surface area contributed by atoms with Crippen LogP contribution in [0.25, 0.3) is 38.8 Å². The Bertz CT molecular complexity index is 3490. The van der Waals surface area contributed by atoms with Gasteiger partial charge in [0.05, 0.1) is 22.4 Å². The van der Waals surface area contributed by atoms with Crippen LogP contribution in [0.4, 0.5) is 22.7 Å². The molecule has 0 atom stereocenters. The van der Waals surface area contributed by atoms with Crippen LogP contribution in [0.3, 0.4) is 0 Å². The van der Waals surface area contributed by atoms with E-state index in [2.05, 4.69) is 269 Å². The zero-order valence-electron chi connectivity index (χ0n) is 40.6. The van der Waals surface area contributed by atoms with Crippen molar-refractivity contribution in [2.45, 2.75) is 64.7 Å². The highest BCUT2D eigenvalue weighted by atomic mass is 16.5. The molecule has 0 spiro atoms. The van der Waals surface area contributed by atoms with Crippen molar-refractivity contribution < 1.29 is 4.74 Å². The fourth-order valence-electron chi connectivity index (χ4n) is 10.3. The number of rotatable bonds is 10. The molecular formula is C64H58N4O. The molecule has 0 amide bonds. The third-order valence-electron chi connectivity index (χ3n) is 14.4. The number of anilines is 4. The van der Waals surface area contributed by atoms with Gasteiger partial charge in [-0.15, -0.1) is 0 Å². The van der Waals surface area contributed by atoms with Crippen LogP contribution in [0.5, 0.6) is 11.5 Å². The molecule has 340 valence electrons. The molecule has 69 heavy (non-hydrogen) atoms. The molecule has 5 heteroatoms. The molecule has 0 aliphatic carbocycles. The highest BCUT2D eigenvalue weighted by Gasteiger charge is 2.32. The maximum Gasteiger partial charge on any atom is 0.137 e. The van der Waals surface area contributed by atoms with E-state index in [4.69, 9.17) is 9.72 Å². The average molecular weight is 899 g/mol. The van der Waals surface area contributed by atoms with Crippen LogP contribution in [0.1, 0.15) is 76.3 Å². The molecule has 11 rings (SSSR count). The van der Waals surface area contributed by atoms with Crippen molar-refractivity contribution in [3.05, 3.63) is 240 Å². The van der Waals surface area contributed by atoms with Gasteiger partial charge in [-0.3, -0.25) is 4.57 Å². The Hall–Kier alpha value is -7.89. The highest BCUT2D eigenvalue weighted by molar-refractivity contribution is 6.12. The Balaban J connectivity index is 1.01. The number of pyridine rings is 1. The highest BCUT2D eigenvalue weighted by Crippen LogP contribution is 2.48. The van der Waals surface area contributed by atoms with Crippen molar-refractivity contribution in [1.82, 2.24) is 9.55 Å². The van der Waals surface area contributed by atoms with E-state index >= 15 is 0 Å². The van der Waals surface area contributed by atoms with E-state index in [1.54, 1.807) is 0 Å². The van der Waals surface area contributed by atoms with Gasteiger partial charge >= 0.3 is 0 Å². The molecule has 2 aromatic heterocycles. The lowest BCUT2D eigenvalue weighted by atomic mass is 9.76. The zero-order valence-corrected chi connectivity index (χ0v) is 40.6. The smallest absolute Gasteiger partial charge is 0.137 e. The molecule has 0 N–H and O–H groups in total. The molecule has 0 radical (unpaired) electrons. The number of benzene rings is 8. The minimum absolute atomic E-state index is 0.0441. The van der Waals surface area contributed by atoms with E-state index in [1.165, 1.54) is 49.7 Å². The monoisotopic (exact) mass is 898 g/mol. The lowest BCUT2D eigenvalue weighted by Crippen LogP contribution is -2.25. The minimum atomic E-state index is -0.368. The Morgan fingerprint density at radius 1 is 0.435 bits per heavy atom. The van der Waals surface area contributed by atoms with Crippen molar-refractivity contribution in [2.75, 3.05) is 16.5 Å². The quantitative estimate of drug-likeness (QED) is 0.137. The first-order valence-corrected chi connectivity index (χ1v) is 24.1. The fourth-order valence-corrected chi connectivity index (χ4v) is 10.3. The van der Waals surface area contributed by atoms with Gasteiger partial charge in [0.25, 0.3) is 0 Å². The number of ether oxygens (including phenoxy) is 1. The second-order valence-electron chi connectivity index (χ2n) is 20.6. The van der Waals surface area contributed by atoms with Gasteiger partial charge in [-0.1, -0.05) is 182 Å². The first-order valence-electron chi connectivity index (χ1n) is 24.1. The number of fused-ring (bicyclic) bond motifs is 4. The van der Waals surface area contributed by atoms with Crippen LogP contribution in [0, 0.1) is 0 Å². The van der Waals surface area contributed by atoms with Crippen LogP contribution in [-0.4, -0.2) is 16.2 Å². The summed E-state index contributed by atoms with van der Waals surface area (Å²) >= 11 is 0. The molecule has 0 saturated heterocycles.